The van der Waals surface area contributed by atoms with Crippen LogP contribution >= 0.6 is 11.6 Å². The highest BCUT2D eigenvalue weighted by Gasteiger charge is 2.24. The van der Waals surface area contributed by atoms with Crippen LogP contribution in [-0.2, 0) is 0 Å². The minimum atomic E-state index is -0.125. The van der Waals surface area contributed by atoms with Gasteiger partial charge in [-0.25, -0.2) is 0 Å². The predicted molar refractivity (Wildman–Crippen MR) is 48.6 cm³/mol. The predicted octanol–water partition coefficient (Wildman–Crippen LogP) is 1.60. The van der Waals surface area contributed by atoms with E-state index in [1.165, 1.54) is 0 Å². The number of nitriles is 1. The summed E-state index contributed by atoms with van der Waals surface area (Å²) < 4.78 is 5.28. The van der Waals surface area contributed by atoms with E-state index in [0.29, 0.717) is 22.9 Å². The van der Waals surface area contributed by atoms with Gasteiger partial charge in [0.25, 0.3) is 0 Å². The van der Waals surface area contributed by atoms with Crippen molar-refractivity contribution >= 4 is 11.6 Å². The Morgan fingerprint density at radius 2 is 2.38 bits per heavy atom. The van der Waals surface area contributed by atoms with Gasteiger partial charge in [-0.2, -0.15) is 5.26 Å². The Morgan fingerprint density at radius 1 is 1.62 bits per heavy atom. The van der Waals surface area contributed by atoms with Crippen molar-refractivity contribution < 1.29 is 4.74 Å². The van der Waals surface area contributed by atoms with E-state index in [4.69, 9.17) is 27.3 Å². The van der Waals surface area contributed by atoms with Gasteiger partial charge >= 0.3 is 0 Å². The summed E-state index contributed by atoms with van der Waals surface area (Å²) in [5.41, 5.74) is 7.04. The molecule has 0 aromatic heterocycles. The highest BCUT2D eigenvalue weighted by Crippen LogP contribution is 2.38. The van der Waals surface area contributed by atoms with E-state index < -0.39 is 0 Å². The van der Waals surface area contributed by atoms with Gasteiger partial charge in [-0.15, -0.1) is 0 Å². The fourth-order valence-electron chi connectivity index (χ4n) is 1.36. The van der Waals surface area contributed by atoms with Gasteiger partial charge in [0.05, 0.1) is 11.6 Å². The molecule has 66 valence electrons. The van der Waals surface area contributed by atoms with Crippen molar-refractivity contribution in [2.75, 3.05) is 6.61 Å². The van der Waals surface area contributed by atoms with Crippen LogP contribution in [0.15, 0.2) is 12.1 Å². The molecule has 1 aromatic carbocycles. The molecule has 2 N–H and O–H groups in total. The van der Waals surface area contributed by atoms with Crippen LogP contribution in [0, 0.1) is 11.3 Å². The lowest BCUT2D eigenvalue weighted by molar-refractivity contribution is 0.333. The molecular formula is C9H7ClN2O. The van der Waals surface area contributed by atoms with E-state index in [9.17, 15) is 0 Å². The number of nitrogens with zero attached hydrogens (tertiary/aromatic N) is 1. The molecule has 0 saturated carbocycles. The van der Waals surface area contributed by atoms with Gasteiger partial charge in [0.2, 0.25) is 0 Å². The molecule has 0 spiro atoms. The molecular weight excluding hydrogens is 188 g/mol. The normalized spacial score (nSPS) is 19.0. The Morgan fingerprint density at radius 3 is 3.08 bits per heavy atom. The maximum atomic E-state index is 8.69. The molecule has 0 unspecified atom stereocenters. The van der Waals surface area contributed by atoms with E-state index in [1.54, 1.807) is 12.1 Å². The summed E-state index contributed by atoms with van der Waals surface area (Å²) in [7, 11) is 0. The molecule has 1 aliphatic rings. The van der Waals surface area contributed by atoms with Gasteiger partial charge in [0.1, 0.15) is 23.4 Å². The average molecular weight is 195 g/mol. The fraction of sp³-hybridized carbons (Fsp3) is 0.222. The lowest BCUT2D eigenvalue weighted by Gasteiger charge is -2.02. The third kappa shape index (κ3) is 1.15. The van der Waals surface area contributed by atoms with Gasteiger partial charge < -0.3 is 10.5 Å². The summed E-state index contributed by atoms with van der Waals surface area (Å²) >= 11 is 5.92. The number of rotatable bonds is 0. The van der Waals surface area contributed by atoms with Crippen LogP contribution in [0.1, 0.15) is 17.2 Å². The Bertz CT molecular complexity index is 397. The molecule has 2 rings (SSSR count). The number of nitrogens with two attached hydrogens (primary N) is 1. The Balaban J connectivity index is 2.62. The highest BCUT2D eigenvalue weighted by atomic mass is 35.5. The second-order valence-corrected chi connectivity index (χ2v) is 3.25. The minimum absolute atomic E-state index is 0.125. The molecule has 4 heteroatoms. The monoisotopic (exact) mass is 194 g/mol. The standard InChI is InChI=1S/C9H7ClN2O/c10-8-5(3-11)1-2-6-7(12)4-13-9(6)8/h1-2,7H,4,12H2/t7-/m1/s1. The van der Waals surface area contributed by atoms with Crippen molar-refractivity contribution in [2.45, 2.75) is 6.04 Å². The van der Waals surface area contributed by atoms with Crippen molar-refractivity contribution in [1.29, 1.82) is 5.26 Å². The number of halogens is 1. The van der Waals surface area contributed by atoms with E-state index >= 15 is 0 Å². The van der Waals surface area contributed by atoms with Crippen LogP contribution in [0.5, 0.6) is 5.75 Å². The van der Waals surface area contributed by atoms with Crippen molar-refractivity contribution in [2.24, 2.45) is 5.73 Å². The van der Waals surface area contributed by atoms with Crippen molar-refractivity contribution in [1.82, 2.24) is 0 Å². The van der Waals surface area contributed by atoms with Crippen molar-refractivity contribution in [3.8, 4) is 11.8 Å². The molecule has 0 aliphatic carbocycles. The third-order valence-corrected chi connectivity index (χ3v) is 2.43. The van der Waals surface area contributed by atoms with Crippen molar-refractivity contribution in [3.05, 3.63) is 28.3 Å². The van der Waals surface area contributed by atoms with E-state index in [0.717, 1.165) is 5.56 Å². The van der Waals surface area contributed by atoms with Crippen LogP contribution in [0.2, 0.25) is 5.02 Å². The molecule has 0 radical (unpaired) electrons. The lowest BCUT2D eigenvalue weighted by Crippen LogP contribution is -2.10. The van der Waals surface area contributed by atoms with E-state index in [1.807, 2.05) is 6.07 Å². The second kappa shape index (κ2) is 2.91. The lowest BCUT2D eigenvalue weighted by atomic mass is 10.1. The molecule has 0 bridgehead atoms. The highest BCUT2D eigenvalue weighted by molar-refractivity contribution is 6.33. The number of benzene rings is 1. The first-order chi connectivity index (χ1) is 6.24. The molecule has 3 nitrogen and oxygen atoms in total. The zero-order valence-electron chi connectivity index (χ0n) is 6.75. The zero-order valence-corrected chi connectivity index (χ0v) is 7.51. The van der Waals surface area contributed by atoms with Gasteiger partial charge in [-0.1, -0.05) is 17.7 Å². The summed E-state index contributed by atoms with van der Waals surface area (Å²) in [6.07, 6.45) is 0. The number of hydrogen-bond donors (Lipinski definition) is 1. The molecule has 1 aliphatic heterocycles. The summed E-state index contributed by atoms with van der Waals surface area (Å²) in [6.45, 7) is 0.434. The molecule has 1 heterocycles. The van der Waals surface area contributed by atoms with Gasteiger partial charge in [0.15, 0.2) is 0 Å². The number of fused-ring (bicyclic) bond motifs is 1. The van der Waals surface area contributed by atoms with Crippen molar-refractivity contribution in [3.63, 3.8) is 0 Å². The summed E-state index contributed by atoms with van der Waals surface area (Å²) in [5, 5.41) is 9.06. The van der Waals surface area contributed by atoms with E-state index in [-0.39, 0.29) is 6.04 Å². The van der Waals surface area contributed by atoms with Crippen LogP contribution in [0.25, 0.3) is 0 Å². The van der Waals surface area contributed by atoms with Crippen LogP contribution in [0.3, 0.4) is 0 Å². The summed E-state index contributed by atoms with van der Waals surface area (Å²) in [4.78, 5) is 0. The summed E-state index contributed by atoms with van der Waals surface area (Å²) in [6, 6.07) is 5.31. The average Bonchev–Trinajstić information content (AvgIpc) is 2.50. The van der Waals surface area contributed by atoms with Gasteiger partial charge in [-0.05, 0) is 6.07 Å². The maximum absolute atomic E-state index is 8.69. The fourth-order valence-corrected chi connectivity index (χ4v) is 1.63. The molecule has 0 amide bonds. The smallest absolute Gasteiger partial charge is 0.144 e. The Labute approximate surface area is 80.7 Å². The quantitative estimate of drug-likeness (QED) is 0.683. The minimum Gasteiger partial charge on any atom is -0.490 e. The van der Waals surface area contributed by atoms with Gasteiger partial charge in [-0.3, -0.25) is 0 Å². The van der Waals surface area contributed by atoms with Crippen LogP contribution < -0.4 is 10.5 Å². The third-order valence-electron chi connectivity index (χ3n) is 2.05. The Hall–Kier alpha value is -1.24. The molecule has 0 saturated heterocycles. The number of hydrogen-bond acceptors (Lipinski definition) is 3. The SMILES string of the molecule is N#Cc1ccc2c(c1Cl)OC[C@H]2N. The zero-order chi connectivity index (χ0) is 9.42. The van der Waals surface area contributed by atoms with Crippen LogP contribution in [-0.4, -0.2) is 6.61 Å². The first kappa shape index (κ1) is 8.36. The molecule has 1 aromatic rings. The first-order valence-electron chi connectivity index (χ1n) is 3.85. The molecule has 1 atom stereocenters. The van der Waals surface area contributed by atoms with E-state index in [2.05, 4.69) is 0 Å². The number of ether oxygens (including phenoxy) is 1. The van der Waals surface area contributed by atoms with Gasteiger partial charge in [0, 0.05) is 5.56 Å². The molecule has 0 fully saturated rings. The summed E-state index contributed by atoms with van der Waals surface area (Å²) in [5.74, 6) is 0.563. The molecule has 13 heavy (non-hydrogen) atoms. The maximum Gasteiger partial charge on any atom is 0.144 e. The largest absolute Gasteiger partial charge is 0.490 e. The first-order valence-corrected chi connectivity index (χ1v) is 4.22. The van der Waals surface area contributed by atoms with Crippen LogP contribution in [0.4, 0.5) is 0 Å². The Kier molecular flexibility index (Phi) is 1.87. The topological polar surface area (TPSA) is 59.0 Å². The second-order valence-electron chi connectivity index (χ2n) is 2.87.